The second kappa shape index (κ2) is 11.0. The van der Waals surface area contributed by atoms with E-state index >= 15 is 0 Å². The van der Waals surface area contributed by atoms with Crippen LogP contribution in [0.2, 0.25) is 0 Å². The van der Waals surface area contributed by atoms with Gasteiger partial charge in [0, 0.05) is 50.2 Å². The molecule has 0 fully saturated rings. The fourth-order valence-electron chi connectivity index (χ4n) is 2.34. The molecule has 1 aromatic rings. The first kappa shape index (κ1) is 23.1. The van der Waals surface area contributed by atoms with Gasteiger partial charge in [-0.2, -0.15) is 0 Å². The molecule has 0 aliphatic heterocycles. The molecule has 4 atom stereocenters. The minimum atomic E-state index is -1.39. The SMILES string of the molecule is C=CCS(=O)C[C@H](N)C(=O)c1cccc(O)c1C(=O)[C@@H](N)CS(=O)CC=C. The number of phenolic OH excluding ortho intramolecular Hbond substituents is 1. The Morgan fingerprint density at radius 2 is 1.48 bits per heavy atom. The summed E-state index contributed by atoms with van der Waals surface area (Å²) in [6.45, 7) is 6.94. The molecule has 7 nitrogen and oxygen atoms in total. The molecule has 0 amide bonds. The zero-order valence-electron chi connectivity index (χ0n) is 14.8. The number of benzene rings is 1. The van der Waals surface area contributed by atoms with Gasteiger partial charge in [0.2, 0.25) is 0 Å². The van der Waals surface area contributed by atoms with Crippen molar-refractivity contribution in [3.8, 4) is 5.75 Å². The van der Waals surface area contributed by atoms with E-state index in [4.69, 9.17) is 11.5 Å². The third kappa shape index (κ3) is 6.62. The second-order valence-corrected chi connectivity index (χ2v) is 8.86. The summed E-state index contributed by atoms with van der Waals surface area (Å²) < 4.78 is 23.6. The highest BCUT2D eigenvalue weighted by Gasteiger charge is 2.28. The Kier molecular flexibility index (Phi) is 9.44. The summed E-state index contributed by atoms with van der Waals surface area (Å²) in [6, 6.07) is 1.70. The summed E-state index contributed by atoms with van der Waals surface area (Å²) in [5.41, 5.74) is 11.3. The average molecular weight is 413 g/mol. The van der Waals surface area contributed by atoms with Crippen LogP contribution in [0.4, 0.5) is 0 Å². The van der Waals surface area contributed by atoms with Gasteiger partial charge in [-0.1, -0.05) is 24.3 Å². The summed E-state index contributed by atoms with van der Waals surface area (Å²) >= 11 is 0. The molecule has 1 aromatic carbocycles. The molecule has 148 valence electrons. The number of carbonyl (C=O) groups is 2. The highest BCUT2D eigenvalue weighted by Crippen LogP contribution is 2.24. The van der Waals surface area contributed by atoms with Crippen LogP contribution in [0.3, 0.4) is 0 Å². The Morgan fingerprint density at radius 3 is 1.96 bits per heavy atom. The van der Waals surface area contributed by atoms with Gasteiger partial charge in [0.05, 0.1) is 17.6 Å². The Hall–Kier alpha value is -1.94. The molecule has 0 aliphatic carbocycles. The smallest absolute Gasteiger partial charge is 0.184 e. The molecule has 0 radical (unpaired) electrons. The third-order valence-corrected chi connectivity index (χ3v) is 6.24. The monoisotopic (exact) mass is 412 g/mol. The Bertz CT molecular complexity index is 779. The van der Waals surface area contributed by atoms with Crippen molar-refractivity contribution < 1.29 is 23.1 Å². The van der Waals surface area contributed by atoms with Crippen molar-refractivity contribution in [2.24, 2.45) is 11.5 Å². The lowest BCUT2D eigenvalue weighted by molar-refractivity contribution is 0.0934. The molecule has 1 rings (SSSR count). The predicted octanol–water partition coefficient (Wildman–Crippen LogP) is 0.282. The van der Waals surface area contributed by atoms with E-state index < -0.39 is 51.0 Å². The fraction of sp³-hybridized carbons (Fsp3) is 0.333. The molecule has 0 aliphatic rings. The van der Waals surface area contributed by atoms with E-state index in [1.54, 1.807) is 0 Å². The van der Waals surface area contributed by atoms with Gasteiger partial charge >= 0.3 is 0 Å². The summed E-state index contributed by atoms with van der Waals surface area (Å²) in [5, 5.41) is 10.1. The lowest BCUT2D eigenvalue weighted by atomic mass is 9.94. The molecule has 9 heteroatoms. The largest absolute Gasteiger partial charge is 0.507 e. The molecule has 0 saturated carbocycles. The number of phenols is 1. The van der Waals surface area contributed by atoms with Crippen molar-refractivity contribution in [2.75, 3.05) is 23.0 Å². The standard InChI is InChI=1S/C18H24N2O5S2/c1-3-8-26(24)10-13(19)17(22)12-6-5-7-15(21)16(12)18(23)14(20)11-27(25)9-4-2/h3-7,13-14,21H,1-2,8-11,19-20H2/t13-,14-,26?,27?/m0/s1. The van der Waals surface area contributed by atoms with Crippen molar-refractivity contribution >= 4 is 33.2 Å². The van der Waals surface area contributed by atoms with E-state index in [2.05, 4.69) is 13.2 Å². The number of hydrogen-bond acceptors (Lipinski definition) is 7. The van der Waals surface area contributed by atoms with Crippen molar-refractivity contribution in [3.63, 3.8) is 0 Å². The van der Waals surface area contributed by atoms with Crippen molar-refractivity contribution in [1.29, 1.82) is 0 Å². The van der Waals surface area contributed by atoms with Gasteiger partial charge in [-0.3, -0.25) is 18.0 Å². The topological polar surface area (TPSA) is 141 Å². The zero-order chi connectivity index (χ0) is 20.6. The first-order chi connectivity index (χ1) is 12.7. The van der Waals surface area contributed by atoms with Crippen LogP contribution in [-0.2, 0) is 21.6 Å². The normalized spacial score (nSPS) is 15.3. The molecule has 27 heavy (non-hydrogen) atoms. The van der Waals surface area contributed by atoms with Gasteiger partial charge in [-0.15, -0.1) is 13.2 Å². The molecule has 5 N–H and O–H groups in total. The summed E-state index contributed by atoms with van der Waals surface area (Å²) in [4.78, 5) is 25.3. The van der Waals surface area contributed by atoms with Crippen LogP contribution in [0.5, 0.6) is 5.75 Å². The number of nitrogens with two attached hydrogens (primary N) is 2. The van der Waals surface area contributed by atoms with Gasteiger partial charge < -0.3 is 16.6 Å². The number of carbonyl (C=O) groups excluding carboxylic acids is 2. The van der Waals surface area contributed by atoms with E-state index in [0.717, 1.165) is 0 Å². The van der Waals surface area contributed by atoms with Crippen LogP contribution < -0.4 is 11.5 Å². The quantitative estimate of drug-likeness (QED) is 0.331. The number of Topliss-reactive ketones (excluding diaryl/α,β-unsaturated/α-hetero) is 2. The molecular formula is C18H24N2O5S2. The maximum absolute atomic E-state index is 12.7. The lowest BCUT2D eigenvalue weighted by Crippen LogP contribution is -2.40. The van der Waals surface area contributed by atoms with Crippen molar-refractivity contribution in [3.05, 3.63) is 54.6 Å². The number of aromatic hydroxyl groups is 1. The Morgan fingerprint density at radius 1 is 1.00 bits per heavy atom. The van der Waals surface area contributed by atoms with Gasteiger partial charge in [0.25, 0.3) is 0 Å². The summed E-state index contributed by atoms with van der Waals surface area (Å²) in [7, 11) is -2.76. The summed E-state index contributed by atoms with van der Waals surface area (Å²) in [6.07, 6.45) is 2.91. The Balaban J connectivity index is 3.12. The first-order valence-electron chi connectivity index (χ1n) is 8.06. The third-order valence-electron chi connectivity index (χ3n) is 3.57. The van der Waals surface area contributed by atoms with Crippen LogP contribution in [0.1, 0.15) is 20.7 Å². The van der Waals surface area contributed by atoms with Crippen LogP contribution in [0, 0.1) is 0 Å². The molecule has 0 heterocycles. The molecule has 0 aromatic heterocycles. The average Bonchev–Trinajstić information content (AvgIpc) is 2.60. The molecule has 2 unspecified atom stereocenters. The minimum Gasteiger partial charge on any atom is -0.507 e. The number of rotatable bonds is 12. The van der Waals surface area contributed by atoms with Gasteiger partial charge in [0.1, 0.15) is 5.75 Å². The highest BCUT2D eigenvalue weighted by molar-refractivity contribution is 7.85. The van der Waals surface area contributed by atoms with Gasteiger partial charge in [0.15, 0.2) is 11.6 Å². The maximum Gasteiger partial charge on any atom is 0.184 e. The van der Waals surface area contributed by atoms with Gasteiger partial charge in [-0.25, -0.2) is 0 Å². The van der Waals surface area contributed by atoms with Crippen molar-refractivity contribution in [2.45, 2.75) is 12.1 Å². The summed E-state index contributed by atoms with van der Waals surface area (Å²) in [5.74, 6) is -1.65. The fourth-order valence-corrected chi connectivity index (χ4v) is 4.24. The van der Waals surface area contributed by atoms with Crippen molar-refractivity contribution in [1.82, 2.24) is 0 Å². The minimum absolute atomic E-state index is 0.104. The van der Waals surface area contributed by atoms with Crippen LogP contribution in [0.15, 0.2) is 43.5 Å². The highest BCUT2D eigenvalue weighted by atomic mass is 32.2. The maximum atomic E-state index is 12.7. The molecule has 0 saturated heterocycles. The van der Waals surface area contributed by atoms with Gasteiger partial charge in [-0.05, 0) is 6.07 Å². The Labute approximate surface area is 163 Å². The number of ketones is 2. The number of hydrogen-bond donors (Lipinski definition) is 3. The van der Waals surface area contributed by atoms with E-state index in [1.165, 1.54) is 30.4 Å². The van der Waals surface area contributed by atoms with E-state index in [1.807, 2.05) is 0 Å². The van der Waals surface area contributed by atoms with E-state index in [0.29, 0.717) is 0 Å². The molecule has 0 spiro atoms. The van der Waals surface area contributed by atoms with E-state index in [-0.39, 0.29) is 34.1 Å². The van der Waals surface area contributed by atoms with Crippen LogP contribution in [0.25, 0.3) is 0 Å². The lowest BCUT2D eigenvalue weighted by Gasteiger charge is -2.16. The van der Waals surface area contributed by atoms with E-state index in [9.17, 15) is 23.1 Å². The second-order valence-electron chi connectivity index (χ2n) is 5.76. The molecule has 0 bridgehead atoms. The van der Waals surface area contributed by atoms with Crippen LogP contribution >= 0.6 is 0 Å². The molecular weight excluding hydrogens is 388 g/mol. The van der Waals surface area contributed by atoms with Crippen LogP contribution in [-0.4, -0.2) is 60.2 Å². The first-order valence-corrected chi connectivity index (χ1v) is 11.0. The zero-order valence-corrected chi connectivity index (χ0v) is 16.5. The predicted molar refractivity (Wildman–Crippen MR) is 109 cm³/mol.